The molecule has 8 bridgehead atoms. The van der Waals surface area contributed by atoms with Crippen molar-refractivity contribution in [3.8, 4) is 5.88 Å². The highest BCUT2D eigenvalue weighted by molar-refractivity contribution is 5.68. The molecule has 2 aromatic heterocycles. The van der Waals surface area contributed by atoms with Gasteiger partial charge in [0.2, 0.25) is 5.88 Å². The normalized spacial score (nSPS) is 29.2. The van der Waals surface area contributed by atoms with Crippen LogP contribution in [-0.2, 0) is 4.74 Å². The number of carbonyl (C=O) groups is 1. The van der Waals surface area contributed by atoms with E-state index in [4.69, 9.17) is 9.47 Å². The van der Waals surface area contributed by atoms with Gasteiger partial charge in [0.1, 0.15) is 6.10 Å². The molecule has 2 aromatic rings. The maximum absolute atomic E-state index is 14.8. The standard InChI is InChI=1S/C18H21FN6O3/c19-15-16-10-1-2-12(5-10)28-18(26)21-11-3-9(4-11)8-27-14-7-20-6-13(22-14)23-17(15)25-24-16/h6-7,9-12H,1-5,8H2,(H,21,26)(H2,22,23,24,25)/t9?,10-,11?,12+/m0/s1. The Bertz CT molecular complexity index is 884. The molecule has 9 nitrogen and oxygen atoms in total. The molecule has 2 atom stereocenters. The van der Waals surface area contributed by atoms with Crippen molar-refractivity contribution in [3.05, 3.63) is 23.9 Å². The Morgan fingerprint density at radius 3 is 2.96 bits per heavy atom. The van der Waals surface area contributed by atoms with Gasteiger partial charge in [-0.05, 0) is 38.0 Å². The van der Waals surface area contributed by atoms with Crippen LogP contribution in [0.1, 0.15) is 43.7 Å². The maximum atomic E-state index is 14.8. The number of halogens is 1. The molecular weight excluding hydrogens is 367 g/mol. The number of H-pyrrole nitrogens is 1. The van der Waals surface area contributed by atoms with Gasteiger partial charge in [0, 0.05) is 12.0 Å². The molecule has 2 aliphatic heterocycles. The van der Waals surface area contributed by atoms with Crippen LogP contribution in [0.3, 0.4) is 0 Å². The average Bonchev–Trinajstić information content (AvgIpc) is 3.23. The zero-order valence-corrected chi connectivity index (χ0v) is 15.2. The molecule has 1 amide bonds. The van der Waals surface area contributed by atoms with E-state index in [0.29, 0.717) is 42.8 Å². The molecule has 2 fully saturated rings. The fourth-order valence-electron chi connectivity index (χ4n) is 4.15. The number of nitrogens with zero attached hydrogens (tertiary/aromatic N) is 3. The number of fused-ring (bicyclic) bond motifs is 3. The number of anilines is 2. The van der Waals surface area contributed by atoms with Crippen LogP contribution < -0.4 is 15.4 Å². The van der Waals surface area contributed by atoms with Crippen LogP contribution >= 0.6 is 0 Å². The summed E-state index contributed by atoms with van der Waals surface area (Å²) in [4.78, 5) is 20.5. The minimum absolute atomic E-state index is 0.0616. The van der Waals surface area contributed by atoms with E-state index in [1.54, 1.807) is 0 Å². The minimum Gasteiger partial charge on any atom is -0.476 e. The smallest absolute Gasteiger partial charge is 0.407 e. The lowest BCUT2D eigenvalue weighted by Crippen LogP contribution is -2.46. The van der Waals surface area contributed by atoms with E-state index in [0.717, 1.165) is 19.3 Å². The summed E-state index contributed by atoms with van der Waals surface area (Å²) in [6.07, 6.45) is 6.07. The number of hydrogen-bond acceptors (Lipinski definition) is 7. The topological polar surface area (TPSA) is 114 Å². The summed E-state index contributed by atoms with van der Waals surface area (Å²) in [6.45, 7) is 0.483. The van der Waals surface area contributed by atoms with E-state index >= 15 is 0 Å². The lowest BCUT2D eigenvalue weighted by atomic mass is 9.81. The van der Waals surface area contributed by atoms with E-state index in [1.807, 2.05) is 0 Å². The number of rotatable bonds is 0. The van der Waals surface area contributed by atoms with Crippen LogP contribution in [0.15, 0.2) is 12.4 Å². The second kappa shape index (κ2) is 6.92. The molecule has 0 spiro atoms. The number of nitrogens with one attached hydrogen (secondary N) is 3. The second-order valence-electron chi connectivity index (χ2n) is 7.69. The molecule has 4 heterocycles. The molecule has 0 radical (unpaired) electrons. The largest absolute Gasteiger partial charge is 0.476 e. The van der Waals surface area contributed by atoms with Crippen molar-refractivity contribution in [1.29, 1.82) is 0 Å². The number of alkyl carbamates (subject to hydrolysis) is 1. The van der Waals surface area contributed by atoms with Crippen LogP contribution in [-0.4, -0.2) is 45.0 Å². The first kappa shape index (κ1) is 17.2. The number of hydrogen-bond donors (Lipinski definition) is 3. The number of aromatic amines is 1. The molecule has 148 valence electrons. The van der Waals surface area contributed by atoms with E-state index < -0.39 is 11.9 Å². The lowest BCUT2D eigenvalue weighted by molar-refractivity contribution is 0.0812. The zero-order valence-electron chi connectivity index (χ0n) is 15.2. The van der Waals surface area contributed by atoms with Gasteiger partial charge in [-0.1, -0.05) is 0 Å². The van der Waals surface area contributed by atoms with Gasteiger partial charge >= 0.3 is 6.09 Å². The molecule has 6 rings (SSSR count). The fourth-order valence-corrected chi connectivity index (χ4v) is 4.15. The van der Waals surface area contributed by atoms with E-state index in [-0.39, 0.29) is 23.9 Å². The van der Waals surface area contributed by atoms with Gasteiger partial charge in [0.25, 0.3) is 0 Å². The third-order valence-electron chi connectivity index (χ3n) is 5.68. The minimum atomic E-state index is -0.453. The van der Waals surface area contributed by atoms with Crippen LogP contribution in [0.25, 0.3) is 0 Å². The van der Waals surface area contributed by atoms with Crippen molar-refractivity contribution in [2.45, 2.75) is 50.2 Å². The summed E-state index contributed by atoms with van der Waals surface area (Å²) >= 11 is 0. The van der Waals surface area contributed by atoms with Gasteiger partial charge < -0.3 is 20.1 Å². The molecule has 2 aliphatic carbocycles. The highest BCUT2D eigenvalue weighted by Crippen LogP contribution is 2.38. The fraction of sp³-hybridized carbons (Fsp3) is 0.556. The van der Waals surface area contributed by atoms with Crippen LogP contribution in [0.4, 0.5) is 20.8 Å². The summed E-state index contributed by atoms with van der Waals surface area (Å²) in [6, 6.07) is 0.101. The molecule has 2 saturated carbocycles. The van der Waals surface area contributed by atoms with Crippen molar-refractivity contribution in [1.82, 2.24) is 25.5 Å². The maximum Gasteiger partial charge on any atom is 0.407 e. The van der Waals surface area contributed by atoms with Gasteiger partial charge in [-0.2, -0.15) is 10.1 Å². The first-order chi connectivity index (χ1) is 13.6. The summed E-state index contributed by atoms with van der Waals surface area (Å²) in [5.41, 5.74) is 0.414. The Kier molecular flexibility index (Phi) is 4.25. The van der Waals surface area contributed by atoms with E-state index in [9.17, 15) is 9.18 Å². The number of amides is 1. The number of ether oxygens (including phenoxy) is 2. The number of aromatic nitrogens is 4. The molecule has 0 unspecified atom stereocenters. The van der Waals surface area contributed by atoms with Crippen LogP contribution in [0.2, 0.25) is 0 Å². The summed E-state index contributed by atoms with van der Waals surface area (Å²) in [5.74, 6) is 0.592. The van der Waals surface area contributed by atoms with Crippen molar-refractivity contribution in [3.63, 3.8) is 0 Å². The van der Waals surface area contributed by atoms with Gasteiger partial charge in [-0.25, -0.2) is 9.18 Å². The Balaban J connectivity index is 1.40. The first-order valence-electron chi connectivity index (χ1n) is 9.57. The molecule has 10 heteroatoms. The Labute approximate surface area is 160 Å². The quantitative estimate of drug-likeness (QED) is 0.636. The Hall–Kier alpha value is -2.91. The zero-order chi connectivity index (χ0) is 19.1. The van der Waals surface area contributed by atoms with Crippen molar-refractivity contribution < 1.29 is 18.7 Å². The third-order valence-corrected chi connectivity index (χ3v) is 5.68. The molecule has 3 N–H and O–H groups in total. The Morgan fingerprint density at radius 1 is 1.18 bits per heavy atom. The van der Waals surface area contributed by atoms with Crippen LogP contribution in [0.5, 0.6) is 5.88 Å². The monoisotopic (exact) mass is 388 g/mol. The highest BCUT2D eigenvalue weighted by atomic mass is 19.1. The van der Waals surface area contributed by atoms with Crippen molar-refractivity contribution in [2.24, 2.45) is 5.92 Å². The van der Waals surface area contributed by atoms with Crippen LogP contribution in [0, 0.1) is 11.7 Å². The predicted octanol–water partition coefficient (Wildman–Crippen LogP) is 2.62. The highest BCUT2D eigenvalue weighted by Gasteiger charge is 2.35. The second-order valence-corrected chi connectivity index (χ2v) is 7.69. The predicted molar refractivity (Wildman–Crippen MR) is 95.9 cm³/mol. The molecule has 28 heavy (non-hydrogen) atoms. The summed E-state index contributed by atoms with van der Waals surface area (Å²) in [7, 11) is 0. The van der Waals surface area contributed by atoms with E-state index in [2.05, 4.69) is 30.8 Å². The lowest BCUT2D eigenvalue weighted by Gasteiger charge is -2.35. The average molecular weight is 388 g/mol. The Morgan fingerprint density at radius 2 is 2.07 bits per heavy atom. The number of carbonyl (C=O) groups excluding carboxylic acids is 1. The molecule has 0 aromatic carbocycles. The molecular formula is C18H21FN6O3. The third kappa shape index (κ3) is 3.34. The SMILES string of the molecule is O=C1NC2CC(COc3cncc(n3)Nc3n[nH]c(c3F)[C@H]3CC[C@H](C3)O1)C2. The van der Waals surface area contributed by atoms with Crippen molar-refractivity contribution in [2.75, 3.05) is 11.9 Å². The van der Waals surface area contributed by atoms with E-state index in [1.165, 1.54) is 12.4 Å². The van der Waals surface area contributed by atoms with Crippen molar-refractivity contribution >= 4 is 17.7 Å². The molecule has 0 saturated heterocycles. The van der Waals surface area contributed by atoms with Gasteiger partial charge in [-0.15, -0.1) is 0 Å². The first-order valence-corrected chi connectivity index (χ1v) is 9.57. The van der Waals surface area contributed by atoms with Gasteiger partial charge in [-0.3, -0.25) is 10.1 Å². The summed E-state index contributed by atoms with van der Waals surface area (Å²) < 4.78 is 26.1. The van der Waals surface area contributed by atoms with Gasteiger partial charge in [0.05, 0.1) is 24.7 Å². The van der Waals surface area contributed by atoms with Gasteiger partial charge in [0.15, 0.2) is 17.5 Å². The molecule has 4 aliphatic rings. The summed E-state index contributed by atoms with van der Waals surface area (Å²) in [5, 5.41) is 12.6.